The standard InChI is InChI=1S/C12H6N4/c1-2-8-12-9(14-6-13-8)3-4-10-11(12)7(1)5-15-16-10/h1-6H. The van der Waals surface area contributed by atoms with Gasteiger partial charge in [-0.25, -0.2) is 9.97 Å². The van der Waals surface area contributed by atoms with Crippen LogP contribution in [0, 0.1) is 0 Å². The van der Waals surface area contributed by atoms with E-state index in [1.807, 2.05) is 24.3 Å². The summed E-state index contributed by atoms with van der Waals surface area (Å²) in [7, 11) is 0. The molecule has 2 aromatic carbocycles. The molecule has 0 radical (unpaired) electrons. The second-order valence-electron chi connectivity index (χ2n) is 3.75. The molecule has 0 aliphatic heterocycles. The fraction of sp³-hybridized carbons (Fsp3) is 0. The molecular formula is C12H6N4. The molecule has 4 aromatic rings. The molecule has 0 spiro atoms. The summed E-state index contributed by atoms with van der Waals surface area (Å²) >= 11 is 0. The van der Waals surface area contributed by atoms with Gasteiger partial charge in [0.2, 0.25) is 0 Å². The second kappa shape index (κ2) is 2.61. The predicted octanol–water partition coefficient (Wildman–Crippen LogP) is 2.16. The molecule has 0 bridgehead atoms. The van der Waals surface area contributed by atoms with Crippen molar-refractivity contribution in [1.82, 2.24) is 20.2 Å². The van der Waals surface area contributed by atoms with Crippen LogP contribution < -0.4 is 0 Å². The molecule has 4 nitrogen and oxygen atoms in total. The highest BCUT2D eigenvalue weighted by molar-refractivity contribution is 6.19. The van der Waals surface area contributed by atoms with Gasteiger partial charge in [0.1, 0.15) is 6.33 Å². The smallest absolute Gasteiger partial charge is 0.116 e. The van der Waals surface area contributed by atoms with Gasteiger partial charge < -0.3 is 0 Å². The number of nitrogens with zero attached hydrogens (tertiary/aromatic N) is 4. The van der Waals surface area contributed by atoms with Gasteiger partial charge in [0.05, 0.1) is 22.7 Å². The summed E-state index contributed by atoms with van der Waals surface area (Å²) in [4.78, 5) is 8.55. The van der Waals surface area contributed by atoms with Crippen LogP contribution in [0.4, 0.5) is 0 Å². The third kappa shape index (κ3) is 0.839. The highest BCUT2D eigenvalue weighted by atomic mass is 15.1. The van der Waals surface area contributed by atoms with Crippen LogP contribution in [0.2, 0.25) is 0 Å². The predicted molar refractivity (Wildman–Crippen MR) is 61.3 cm³/mol. The summed E-state index contributed by atoms with van der Waals surface area (Å²) < 4.78 is 0. The van der Waals surface area contributed by atoms with Gasteiger partial charge in [-0.2, -0.15) is 10.2 Å². The molecular weight excluding hydrogens is 200 g/mol. The Kier molecular flexibility index (Phi) is 1.28. The molecule has 2 aromatic heterocycles. The maximum atomic E-state index is 4.27. The molecule has 0 N–H and O–H groups in total. The highest BCUT2D eigenvalue weighted by Gasteiger charge is 2.09. The lowest BCUT2D eigenvalue weighted by Gasteiger charge is -2.06. The Morgan fingerprint density at radius 3 is 2.38 bits per heavy atom. The number of hydrogen-bond donors (Lipinski definition) is 0. The average molecular weight is 206 g/mol. The van der Waals surface area contributed by atoms with Crippen LogP contribution in [-0.2, 0) is 0 Å². The molecule has 2 heterocycles. The number of hydrogen-bond acceptors (Lipinski definition) is 4. The Morgan fingerprint density at radius 1 is 0.750 bits per heavy atom. The summed E-state index contributed by atoms with van der Waals surface area (Å²) in [6, 6.07) is 7.92. The number of benzene rings is 2. The van der Waals surface area contributed by atoms with Crippen LogP contribution in [0.3, 0.4) is 0 Å². The molecule has 4 heteroatoms. The van der Waals surface area contributed by atoms with E-state index in [4.69, 9.17) is 0 Å². The fourth-order valence-electron chi connectivity index (χ4n) is 2.18. The largest absolute Gasteiger partial charge is 0.236 e. The Labute approximate surface area is 90.3 Å². The molecule has 4 rings (SSSR count). The van der Waals surface area contributed by atoms with Gasteiger partial charge in [-0.3, -0.25) is 0 Å². The summed E-state index contributed by atoms with van der Waals surface area (Å²) in [5, 5.41) is 11.4. The lowest BCUT2D eigenvalue weighted by molar-refractivity contribution is 1.09. The van der Waals surface area contributed by atoms with Crippen molar-refractivity contribution >= 4 is 32.7 Å². The van der Waals surface area contributed by atoms with E-state index in [-0.39, 0.29) is 0 Å². The topological polar surface area (TPSA) is 51.6 Å². The van der Waals surface area contributed by atoms with E-state index in [2.05, 4.69) is 20.2 Å². The lowest BCUT2D eigenvalue weighted by atomic mass is 10.0. The van der Waals surface area contributed by atoms with Crippen molar-refractivity contribution in [3.63, 3.8) is 0 Å². The van der Waals surface area contributed by atoms with Gasteiger partial charge in [0, 0.05) is 16.2 Å². The van der Waals surface area contributed by atoms with Gasteiger partial charge in [0.15, 0.2) is 0 Å². The first-order chi connectivity index (χ1) is 7.93. The van der Waals surface area contributed by atoms with Crippen LogP contribution in [0.25, 0.3) is 32.7 Å². The minimum atomic E-state index is 0.894. The highest BCUT2D eigenvalue weighted by Crippen LogP contribution is 2.30. The van der Waals surface area contributed by atoms with E-state index < -0.39 is 0 Å². The van der Waals surface area contributed by atoms with E-state index in [0.29, 0.717) is 0 Å². The van der Waals surface area contributed by atoms with Crippen molar-refractivity contribution in [1.29, 1.82) is 0 Å². The first-order valence-corrected chi connectivity index (χ1v) is 5.01. The molecule has 74 valence electrons. The van der Waals surface area contributed by atoms with E-state index in [1.54, 1.807) is 12.5 Å². The summed E-state index contributed by atoms with van der Waals surface area (Å²) in [6.45, 7) is 0. The van der Waals surface area contributed by atoms with Gasteiger partial charge in [-0.1, -0.05) is 6.07 Å². The maximum absolute atomic E-state index is 4.27. The molecule has 0 unspecified atom stereocenters. The average Bonchev–Trinajstić information content (AvgIpc) is 2.36. The molecule has 0 saturated heterocycles. The molecule has 0 amide bonds. The third-order valence-corrected chi connectivity index (χ3v) is 2.88. The number of rotatable bonds is 0. The SMILES string of the molecule is c1nc2ccc3cnnc4ccc(n1)c2c34. The first kappa shape index (κ1) is 7.87. The molecule has 0 aliphatic carbocycles. The lowest BCUT2D eigenvalue weighted by Crippen LogP contribution is -1.91. The van der Waals surface area contributed by atoms with Crippen molar-refractivity contribution in [2.45, 2.75) is 0 Å². The normalized spacial score (nSPS) is 11.8. The van der Waals surface area contributed by atoms with Gasteiger partial charge >= 0.3 is 0 Å². The quantitative estimate of drug-likeness (QED) is 0.414. The molecule has 16 heavy (non-hydrogen) atoms. The molecule has 0 atom stereocenters. The van der Waals surface area contributed by atoms with E-state index in [9.17, 15) is 0 Å². The third-order valence-electron chi connectivity index (χ3n) is 2.88. The fourth-order valence-corrected chi connectivity index (χ4v) is 2.18. The van der Waals surface area contributed by atoms with E-state index in [1.165, 1.54) is 0 Å². The second-order valence-corrected chi connectivity index (χ2v) is 3.75. The zero-order chi connectivity index (χ0) is 10.5. The Morgan fingerprint density at radius 2 is 1.50 bits per heavy atom. The van der Waals surface area contributed by atoms with Crippen LogP contribution in [0.15, 0.2) is 36.8 Å². The zero-order valence-corrected chi connectivity index (χ0v) is 8.25. The van der Waals surface area contributed by atoms with Crippen LogP contribution in [0.5, 0.6) is 0 Å². The van der Waals surface area contributed by atoms with Crippen LogP contribution in [0.1, 0.15) is 0 Å². The zero-order valence-electron chi connectivity index (χ0n) is 8.25. The summed E-state index contributed by atoms with van der Waals surface area (Å²) in [5.74, 6) is 0. The van der Waals surface area contributed by atoms with Crippen molar-refractivity contribution in [2.24, 2.45) is 0 Å². The maximum Gasteiger partial charge on any atom is 0.116 e. The van der Waals surface area contributed by atoms with Gasteiger partial charge in [-0.15, -0.1) is 0 Å². The summed E-state index contributed by atoms with van der Waals surface area (Å²) in [5.41, 5.74) is 2.80. The Bertz CT molecular complexity index is 680. The minimum absolute atomic E-state index is 0.894. The Balaban J connectivity index is 2.51. The number of aromatic nitrogens is 4. The van der Waals surface area contributed by atoms with Crippen molar-refractivity contribution in [3.05, 3.63) is 36.8 Å². The van der Waals surface area contributed by atoms with E-state index >= 15 is 0 Å². The van der Waals surface area contributed by atoms with Gasteiger partial charge in [0.25, 0.3) is 0 Å². The molecule has 0 fully saturated rings. The van der Waals surface area contributed by atoms with Crippen LogP contribution >= 0.6 is 0 Å². The van der Waals surface area contributed by atoms with E-state index in [0.717, 1.165) is 32.7 Å². The van der Waals surface area contributed by atoms with Crippen LogP contribution in [-0.4, -0.2) is 20.2 Å². The minimum Gasteiger partial charge on any atom is -0.236 e. The van der Waals surface area contributed by atoms with Gasteiger partial charge in [-0.05, 0) is 18.2 Å². The van der Waals surface area contributed by atoms with Crippen molar-refractivity contribution in [3.8, 4) is 0 Å². The molecule has 0 saturated carbocycles. The molecule has 0 aliphatic rings. The first-order valence-electron chi connectivity index (χ1n) is 5.01. The van der Waals surface area contributed by atoms with Crippen molar-refractivity contribution < 1.29 is 0 Å². The van der Waals surface area contributed by atoms with Crippen molar-refractivity contribution in [2.75, 3.05) is 0 Å². The summed E-state index contributed by atoms with van der Waals surface area (Å²) in [6.07, 6.45) is 3.36. The monoisotopic (exact) mass is 206 g/mol. The Hall–Kier alpha value is -2.36.